The Morgan fingerprint density at radius 2 is 1.68 bits per heavy atom. The van der Waals surface area contributed by atoms with Crippen molar-refractivity contribution in [2.45, 2.75) is 92.0 Å². The number of rotatable bonds is 4. The lowest BCUT2D eigenvalue weighted by Crippen LogP contribution is -2.53. The van der Waals surface area contributed by atoms with Crippen LogP contribution in [-0.4, -0.2) is 60.6 Å². The van der Waals surface area contributed by atoms with Crippen LogP contribution in [-0.2, 0) is 23.6 Å². The molecule has 1 amide bonds. The Labute approximate surface area is 185 Å². The molecule has 2 saturated heterocycles. The Balaban J connectivity index is 2.46. The average molecular weight is 441 g/mol. The van der Waals surface area contributed by atoms with Crippen molar-refractivity contribution in [1.29, 1.82) is 0 Å². The summed E-state index contributed by atoms with van der Waals surface area (Å²) in [6, 6.07) is 0. The van der Waals surface area contributed by atoms with Gasteiger partial charge in [0.2, 0.25) is 0 Å². The first-order valence-electron chi connectivity index (χ1n) is 11.0. The van der Waals surface area contributed by atoms with Crippen LogP contribution in [0, 0.1) is 5.41 Å². The van der Waals surface area contributed by atoms with E-state index in [-0.39, 0.29) is 38.1 Å². The fourth-order valence-corrected chi connectivity index (χ4v) is 3.83. The second-order valence-electron chi connectivity index (χ2n) is 10.2. The highest BCUT2D eigenvalue weighted by atomic mass is 19.1. The largest absolute Gasteiger partial charge is 0.525 e. The third kappa shape index (κ3) is 5.08. The predicted octanol–water partition coefficient (Wildman–Crippen LogP) is 4.44. The molecule has 0 aliphatic carbocycles. The second-order valence-corrected chi connectivity index (χ2v) is 10.2. The van der Waals surface area contributed by atoms with Gasteiger partial charge in [-0.1, -0.05) is 6.92 Å². The number of ether oxygens (including phenoxy) is 2. The van der Waals surface area contributed by atoms with Gasteiger partial charge in [0, 0.05) is 13.1 Å². The zero-order valence-corrected chi connectivity index (χ0v) is 20.4. The van der Waals surface area contributed by atoms with E-state index in [0.29, 0.717) is 0 Å². The van der Waals surface area contributed by atoms with E-state index in [2.05, 4.69) is 0 Å². The molecular formula is C22H37BFNO6. The maximum Gasteiger partial charge on any atom is 0.525 e. The third-order valence-corrected chi connectivity index (χ3v) is 6.34. The highest BCUT2D eigenvalue weighted by Crippen LogP contribution is 2.46. The van der Waals surface area contributed by atoms with Gasteiger partial charge in [0.1, 0.15) is 16.7 Å². The van der Waals surface area contributed by atoms with Gasteiger partial charge in [0.05, 0.1) is 17.8 Å². The van der Waals surface area contributed by atoms with Crippen LogP contribution in [0.25, 0.3) is 0 Å². The van der Waals surface area contributed by atoms with Gasteiger partial charge in [0.15, 0.2) is 0 Å². The third-order valence-electron chi connectivity index (χ3n) is 6.34. The maximum absolute atomic E-state index is 15.8. The minimum atomic E-state index is -1.33. The maximum atomic E-state index is 15.8. The molecule has 176 valence electrons. The van der Waals surface area contributed by atoms with Gasteiger partial charge in [0.25, 0.3) is 0 Å². The van der Waals surface area contributed by atoms with Crippen molar-refractivity contribution in [3.05, 3.63) is 11.3 Å². The van der Waals surface area contributed by atoms with Crippen LogP contribution in [0.1, 0.15) is 75.2 Å². The van der Waals surface area contributed by atoms with Gasteiger partial charge >= 0.3 is 19.2 Å². The number of esters is 1. The van der Waals surface area contributed by atoms with Crippen LogP contribution >= 0.6 is 0 Å². The summed E-state index contributed by atoms with van der Waals surface area (Å²) < 4.78 is 38.4. The molecule has 0 aromatic heterocycles. The van der Waals surface area contributed by atoms with Crippen LogP contribution in [0.4, 0.5) is 9.18 Å². The molecule has 0 saturated carbocycles. The topological polar surface area (TPSA) is 74.3 Å². The number of hydrogen-bond acceptors (Lipinski definition) is 6. The minimum Gasteiger partial charge on any atom is -0.465 e. The van der Waals surface area contributed by atoms with Gasteiger partial charge < -0.3 is 23.7 Å². The molecule has 0 radical (unpaired) electrons. The molecule has 1 unspecified atom stereocenters. The predicted molar refractivity (Wildman–Crippen MR) is 116 cm³/mol. The Bertz CT molecular complexity index is 729. The summed E-state index contributed by atoms with van der Waals surface area (Å²) in [6.45, 7) is 16.5. The van der Waals surface area contributed by atoms with Crippen LogP contribution in [0.3, 0.4) is 0 Å². The monoisotopic (exact) mass is 441 g/mol. The van der Waals surface area contributed by atoms with Crippen LogP contribution in [0.5, 0.6) is 0 Å². The lowest BCUT2D eigenvalue weighted by atomic mass is 9.68. The number of halogens is 1. The molecule has 2 rings (SSSR count). The molecule has 2 fully saturated rings. The number of likely N-dealkylation sites (tertiary alicyclic amines) is 1. The molecule has 0 aromatic carbocycles. The van der Waals surface area contributed by atoms with Crippen molar-refractivity contribution < 1.29 is 32.8 Å². The molecule has 0 aromatic rings. The number of carbonyl (C=O) groups is 2. The van der Waals surface area contributed by atoms with E-state index in [1.807, 2.05) is 27.7 Å². The summed E-state index contributed by atoms with van der Waals surface area (Å²) in [5.41, 5.74) is -3.79. The zero-order valence-electron chi connectivity index (χ0n) is 20.4. The number of piperidine rings is 1. The normalized spacial score (nSPS) is 27.2. The van der Waals surface area contributed by atoms with Gasteiger partial charge in [-0.15, -0.1) is 0 Å². The van der Waals surface area contributed by atoms with Crippen LogP contribution < -0.4 is 0 Å². The molecule has 0 N–H and O–H groups in total. The summed E-state index contributed by atoms with van der Waals surface area (Å²) in [7, 11) is -1.21. The highest BCUT2D eigenvalue weighted by Gasteiger charge is 2.56. The van der Waals surface area contributed by atoms with E-state index in [0.717, 1.165) is 0 Å². The molecule has 2 aliphatic heterocycles. The van der Waals surface area contributed by atoms with Crippen molar-refractivity contribution in [2.75, 3.05) is 19.7 Å². The van der Waals surface area contributed by atoms with Crippen LogP contribution in [0.15, 0.2) is 11.3 Å². The summed E-state index contributed by atoms with van der Waals surface area (Å²) >= 11 is 0. The minimum absolute atomic E-state index is 0.0283. The van der Waals surface area contributed by atoms with Gasteiger partial charge in [-0.05, 0) is 73.8 Å². The van der Waals surface area contributed by atoms with Crippen molar-refractivity contribution in [3.8, 4) is 0 Å². The number of nitrogens with zero attached hydrogens (tertiary/aromatic N) is 1. The molecule has 0 bridgehead atoms. The quantitative estimate of drug-likeness (QED) is 0.474. The van der Waals surface area contributed by atoms with E-state index in [4.69, 9.17) is 18.8 Å². The smallest absolute Gasteiger partial charge is 0.465 e. The standard InChI is InChI=1S/C22H37BFNO6/c1-10-22(17(26)28-11-2)14-25(18(27)29-19(3,4)5)13-12-15(22)16(24)23-30-20(6,7)21(8,9)31-23/h10-14H2,1-9H3. The number of hydrogen-bond donors (Lipinski definition) is 0. The molecule has 1 atom stereocenters. The molecule has 9 heteroatoms. The van der Waals surface area contributed by atoms with Crippen molar-refractivity contribution in [2.24, 2.45) is 5.41 Å². The summed E-state index contributed by atoms with van der Waals surface area (Å²) in [4.78, 5) is 27.2. The first-order valence-corrected chi connectivity index (χ1v) is 11.0. The number of carbonyl (C=O) groups excluding carboxylic acids is 2. The molecule has 2 heterocycles. The first-order chi connectivity index (χ1) is 14.1. The fourth-order valence-electron chi connectivity index (χ4n) is 3.83. The first kappa shape index (κ1) is 25.7. The van der Waals surface area contributed by atoms with E-state index in [9.17, 15) is 9.59 Å². The molecule has 7 nitrogen and oxygen atoms in total. The van der Waals surface area contributed by atoms with E-state index in [1.54, 1.807) is 34.6 Å². The summed E-state index contributed by atoms with van der Waals surface area (Å²) in [5, 5.41) is 0. The number of amides is 1. The summed E-state index contributed by atoms with van der Waals surface area (Å²) in [5.74, 6) is -0.563. The Hall–Kier alpha value is -1.61. The van der Waals surface area contributed by atoms with E-state index >= 15 is 4.39 Å². The Morgan fingerprint density at radius 3 is 2.13 bits per heavy atom. The molecule has 2 aliphatic rings. The SMILES string of the molecule is CCOC(=O)C1(CC)CN(C(=O)OC(C)(C)C)CCC1=C(F)B1OC(C)(C)C(C)(C)O1. The zero-order chi connectivity index (χ0) is 23.8. The van der Waals surface area contributed by atoms with Crippen molar-refractivity contribution >= 4 is 19.2 Å². The van der Waals surface area contributed by atoms with Crippen molar-refractivity contribution in [1.82, 2.24) is 4.90 Å². The molecule has 0 spiro atoms. The van der Waals surface area contributed by atoms with Gasteiger partial charge in [-0.2, -0.15) is 0 Å². The summed E-state index contributed by atoms with van der Waals surface area (Å²) in [6.07, 6.45) is -0.125. The average Bonchev–Trinajstić information content (AvgIpc) is 2.86. The lowest BCUT2D eigenvalue weighted by Gasteiger charge is -2.43. The lowest BCUT2D eigenvalue weighted by molar-refractivity contribution is -0.155. The molecular weight excluding hydrogens is 404 g/mol. The van der Waals surface area contributed by atoms with Crippen molar-refractivity contribution in [3.63, 3.8) is 0 Å². The van der Waals surface area contributed by atoms with E-state index < -0.39 is 47.1 Å². The fraction of sp³-hybridized carbons (Fsp3) is 0.818. The van der Waals surface area contributed by atoms with Gasteiger partial charge in [-0.25, -0.2) is 9.18 Å². The second kappa shape index (κ2) is 8.73. The van der Waals surface area contributed by atoms with Crippen LogP contribution in [0.2, 0.25) is 0 Å². The van der Waals surface area contributed by atoms with Gasteiger partial charge in [-0.3, -0.25) is 4.79 Å². The van der Waals surface area contributed by atoms with E-state index in [1.165, 1.54) is 4.90 Å². The Kier molecular flexibility index (Phi) is 7.23. The highest BCUT2D eigenvalue weighted by molar-refractivity contribution is 6.54. The Morgan fingerprint density at radius 1 is 1.13 bits per heavy atom. The molecule has 31 heavy (non-hydrogen) atoms.